The number of nitrogens with zero attached hydrogens (tertiary/aromatic N) is 7. The normalized spacial score (nSPS) is 20.9. The number of anilines is 1. The first-order chi connectivity index (χ1) is 19.9. The molecule has 4 aliphatic rings. The second-order valence-corrected chi connectivity index (χ2v) is 10.7. The Morgan fingerprint density at radius 3 is 2.54 bits per heavy atom. The van der Waals surface area contributed by atoms with Crippen LogP contribution in [0.3, 0.4) is 0 Å². The SMILES string of the molecule is N#Cc1cnn2cc(C3=CCOCC3)cc(-c3ccc(N4CC5CC(C4)N5Cc4ccc(C(F)(F)F)nc4)nc3)c12. The van der Waals surface area contributed by atoms with Crippen LogP contribution in [0.5, 0.6) is 0 Å². The van der Waals surface area contributed by atoms with Crippen molar-refractivity contribution in [3.8, 4) is 17.2 Å². The number of hydrogen-bond donors (Lipinski definition) is 0. The van der Waals surface area contributed by atoms with Crippen molar-refractivity contribution in [1.82, 2.24) is 24.5 Å². The molecule has 4 aliphatic heterocycles. The number of alkyl halides is 3. The first kappa shape index (κ1) is 25.7. The van der Waals surface area contributed by atoms with Crippen LogP contribution in [0.1, 0.15) is 35.2 Å². The molecule has 11 heteroatoms. The highest BCUT2D eigenvalue weighted by atomic mass is 19.4. The maximum Gasteiger partial charge on any atom is 0.433 e. The smallest absolute Gasteiger partial charge is 0.377 e. The van der Waals surface area contributed by atoms with Crippen LogP contribution in [0, 0.1) is 11.3 Å². The summed E-state index contributed by atoms with van der Waals surface area (Å²) in [6.07, 6.45) is 6.28. The Labute approximate surface area is 234 Å². The third-order valence-electron chi connectivity index (χ3n) is 8.27. The average Bonchev–Trinajstić information content (AvgIpc) is 3.43. The molecular weight excluding hydrogens is 531 g/mol. The molecule has 41 heavy (non-hydrogen) atoms. The van der Waals surface area contributed by atoms with E-state index in [0.717, 1.165) is 65.6 Å². The van der Waals surface area contributed by atoms with Crippen molar-refractivity contribution in [2.75, 3.05) is 31.2 Å². The molecule has 0 radical (unpaired) electrons. The molecule has 2 atom stereocenters. The van der Waals surface area contributed by atoms with Gasteiger partial charge < -0.3 is 9.64 Å². The number of aromatic nitrogens is 4. The van der Waals surface area contributed by atoms with Gasteiger partial charge in [0.2, 0.25) is 0 Å². The largest absolute Gasteiger partial charge is 0.433 e. The second kappa shape index (κ2) is 9.98. The standard InChI is InChI=1S/C30H26F3N7O/c31-30(32,33)27-3-1-19(12-35-27)15-39-24-10-25(39)18-38(17-24)28-4-2-21(13-36-28)26-9-22(20-5-7-41-8-6-20)16-40-29(26)23(11-34)14-37-40/h1-5,9,12-14,16,24-25H,6-8,10,15,17-18H2. The molecule has 8 heterocycles. The molecule has 4 aromatic rings. The van der Waals surface area contributed by atoms with Gasteiger partial charge in [0.05, 0.1) is 30.5 Å². The summed E-state index contributed by atoms with van der Waals surface area (Å²) in [6.45, 7) is 3.44. The van der Waals surface area contributed by atoms with E-state index in [1.807, 2.05) is 24.5 Å². The summed E-state index contributed by atoms with van der Waals surface area (Å²) in [5, 5.41) is 14.1. The van der Waals surface area contributed by atoms with Gasteiger partial charge in [-0.1, -0.05) is 12.1 Å². The van der Waals surface area contributed by atoms with Gasteiger partial charge in [-0.3, -0.25) is 9.88 Å². The summed E-state index contributed by atoms with van der Waals surface area (Å²) in [6, 6.07) is 11.6. The van der Waals surface area contributed by atoms with Gasteiger partial charge >= 0.3 is 6.18 Å². The summed E-state index contributed by atoms with van der Waals surface area (Å²) in [7, 11) is 0. The number of halogens is 3. The van der Waals surface area contributed by atoms with Gasteiger partial charge in [0.15, 0.2) is 0 Å². The minimum absolute atomic E-state index is 0.312. The molecule has 4 aromatic heterocycles. The first-order valence-corrected chi connectivity index (χ1v) is 13.6. The van der Waals surface area contributed by atoms with Crippen molar-refractivity contribution >= 4 is 16.9 Å². The van der Waals surface area contributed by atoms with Gasteiger partial charge in [-0.25, -0.2) is 9.50 Å². The van der Waals surface area contributed by atoms with E-state index in [0.29, 0.717) is 37.4 Å². The molecule has 8 nitrogen and oxygen atoms in total. The molecule has 8 rings (SSSR count). The number of rotatable bonds is 5. The Bertz CT molecular complexity index is 1660. The van der Waals surface area contributed by atoms with Crippen molar-refractivity contribution in [2.24, 2.45) is 0 Å². The van der Waals surface area contributed by atoms with Crippen molar-refractivity contribution in [3.05, 3.63) is 83.6 Å². The van der Waals surface area contributed by atoms with Crippen LogP contribution >= 0.6 is 0 Å². The lowest BCUT2D eigenvalue weighted by Gasteiger charge is -2.56. The van der Waals surface area contributed by atoms with Crippen molar-refractivity contribution in [1.29, 1.82) is 5.26 Å². The zero-order valence-corrected chi connectivity index (χ0v) is 22.1. The fourth-order valence-corrected chi connectivity index (χ4v) is 6.15. The van der Waals surface area contributed by atoms with E-state index < -0.39 is 11.9 Å². The molecule has 0 N–H and O–H groups in total. The summed E-state index contributed by atoms with van der Waals surface area (Å²) in [5.74, 6) is 0.882. The van der Waals surface area contributed by atoms with Crippen LogP contribution in [0.4, 0.5) is 19.0 Å². The summed E-state index contributed by atoms with van der Waals surface area (Å²) >= 11 is 0. The number of piperazine rings is 1. The number of ether oxygens (including phenoxy) is 1. The number of hydrogen-bond acceptors (Lipinski definition) is 7. The van der Waals surface area contributed by atoms with Crippen molar-refractivity contribution in [3.63, 3.8) is 0 Å². The zero-order valence-electron chi connectivity index (χ0n) is 22.1. The molecule has 0 spiro atoms. The molecule has 3 saturated heterocycles. The summed E-state index contributed by atoms with van der Waals surface area (Å²) in [5.41, 5.74) is 5.24. The van der Waals surface area contributed by atoms with Gasteiger partial charge in [0.1, 0.15) is 17.6 Å². The Hall–Kier alpha value is -4.27. The Balaban J connectivity index is 1.09. The molecule has 0 amide bonds. The van der Waals surface area contributed by atoms with Crippen LogP contribution in [-0.4, -0.2) is 62.9 Å². The zero-order chi connectivity index (χ0) is 28.1. The van der Waals surface area contributed by atoms with E-state index in [2.05, 4.69) is 38.1 Å². The lowest BCUT2D eigenvalue weighted by molar-refractivity contribution is -0.141. The first-order valence-electron chi connectivity index (χ1n) is 13.6. The molecule has 3 fully saturated rings. The predicted octanol–water partition coefficient (Wildman–Crippen LogP) is 4.95. The minimum Gasteiger partial charge on any atom is -0.377 e. The Kier molecular flexibility index (Phi) is 6.25. The third kappa shape index (κ3) is 4.73. The molecule has 2 bridgehead atoms. The number of pyridine rings is 3. The van der Waals surface area contributed by atoms with E-state index in [4.69, 9.17) is 9.72 Å². The van der Waals surface area contributed by atoms with Gasteiger partial charge in [0.25, 0.3) is 0 Å². The summed E-state index contributed by atoms with van der Waals surface area (Å²) < 4.78 is 45.8. The topological polar surface area (TPSA) is 82.6 Å². The fraction of sp³-hybridized carbons (Fsp3) is 0.333. The Morgan fingerprint density at radius 2 is 1.88 bits per heavy atom. The third-order valence-corrected chi connectivity index (χ3v) is 8.27. The van der Waals surface area contributed by atoms with Gasteiger partial charge in [-0.2, -0.15) is 23.5 Å². The minimum atomic E-state index is -4.43. The fourth-order valence-electron chi connectivity index (χ4n) is 6.15. The maximum atomic E-state index is 12.8. The van der Waals surface area contributed by atoms with E-state index in [1.54, 1.807) is 10.7 Å². The molecule has 0 saturated carbocycles. The highest BCUT2D eigenvalue weighted by Crippen LogP contribution is 2.37. The molecular formula is C30H26F3N7O. The number of piperidine rings is 1. The highest BCUT2D eigenvalue weighted by Gasteiger charge is 2.44. The van der Waals surface area contributed by atoms with Gasteiger partial charge in [-0.15, -0.1) is 0 Å². The lowest BCUT2D eigenvalue weighted by Crippen LogP contribution is -2.68. The average molecular weight is 558 g/mol. The highest BCUT2D eigenvalue weighted by molar-refractivity contribution is 5.87. The van der Waals surface area contributed by atoms with E-state index in [9.17, 15) is 18.4 Å². The lowest BCUT2D eigenvalue weighted by atomic mass is 9.87. The molecule has 2 unspecified atom stereocenters. The maximum absolute atomic E-state index is 12.8. The van der Waals surface area contributed by atoms with Gasteiger partial charge in [-0.05, 0) is 53.8 Å². The van der Waals surface area contributed by atoms with E-state index in [1.165, 1.54) is 17.8 Å². The molecule has 0 aromatic carbocycles. The van der Waals surface area contributed by atoms with Crippen molar-refractivity contribution in [2.45, 2.75) is 37.6 Å². The van der Waals surface area contributed by atoms with Crippen molar-refractivity contribution < 1.29 is 17.9 Å². The predicted molar refractivity (Wildman–Crippen MR) is 146 cm³/mol. The number of fused-ring (bicyclic) bond motifs is 3. The molecule has 208 valence electrons. The number of nitriles is 1. The van der Waals surface area contributed by atoms with Crippen LogP contribution in [0.25, 0.3) is 22.2 Å². The quantitative estimate of drug-likeness (QED) is 0.344. The monoisotopic (exact) mass is 557 g/mol. The van der Waals surface area contributed by atoms with E-state index in [-0.39, 0.29) is 0 Å². The van der Waals surface area contributed by atoms with E-state index >= 15 is 0 Å². The van der Waals surface area contributed by atoms with Crippen LogP contribution in [-0.2, 0) is 17.5 Å². The van der Waals surface area contributed by atoms with Crippen LogP contribution in [0.15, 0.2) is 61.2 Å². The van der Waals surface area contributed by atoms with Gasteiger partial charge in [0, 0.05) is 61.4 Å². The summed E-state index contributed by atoms with van der Waals surface area (Å²) in [4.78, 5) is 13.0. The van der Waals surface area contributed by atoms with Crippen LogP contribution in [0.2, 0.25) is 0 Å². The Morgan fingerprint density at radius 1 is 1.02 bits per heavy atom. The second-order valence-electron chi connectivity index (χ2n) is 10.7. The van der Waals surface area contributed by atoms with Crippen LogP contribution < -0.4 is 4.90 Å². The molecule has 0 aliphatic carbocycles.